The summed E-state index contributed by atoms with van der Waals surface area (Å²) in [5.41, 5.74) is 4.09. The van der Waals surface area contributed by atoms with Crippen LogP contribution in [0, 0.1) is 24.0 Å². The molecule has 1 aromatic heterocycles. The van der Waals surface area contributed by atoms with Crippen LogP contribution in [0.2, 0.25) is 0 Å². The van der Waals surface area contributed by atoms with Crippen molar-refractivity contribution in [2.75, 3.05) is 5.32 Å². The average molecular weight is 353 g/mol. The highest BCUT2D eigenvalue weighted by atomic mass is 32.1. The summed E-state index contributed by atoms with van der Waals surface area (Å²) in [6.07, 6.45) is 0. The summed E-state index contributed by atoms with van der Waals surface area (Å²) < 4.78 is 0. The first-order chi connectivity index (χ1) is 11.9. The van der Waals surface area contributed by atoms with Crippen LogP contribution in [0.4, 0.5) is 10.8 Å². The second-order valence-corrected chi connectivity index (χ2v) is 6.53. The lowest BCUT2D eigenvalue weighted by molar-refractivity contribution is -0.384. The minimum absolute atomic E-state index is 0.0299. The van der Waals surface area contributed by atoms with Gasteiger partial charge in [0.2, 0.25) is 0 Å². The van der Waals surface area contributed by atoms with E-state index in [1.807, 2.05) is 32.0 Å². The molecule has 0 atom stereocenters. The number of nitrogens with one attached hydrogen (secondary N) is 1. The van der Waals surface area contributed by atoms with Gasteiger partial charge < -0.3 is 0 Å². The first kappa shape index (κ1) is 16.8. The van der Waals surface area contributed by atoms with Crippen molar-refractivity contribution in [3.8, 4) is 11.3 Å². The van der Waals surface area contributed by atoms with Crippen molar-refractivity contribution in [1.82, 2.24) is 4.98 Å². The maximum Gasteiger partial charge on any atom is 0.269 e. The normalized spacial score (nSPS) is 10.5. The largest absolute Gasteiger partial charge is 0.298 e. The molecule has 0 aliphatic heterocycles. The number of nitro benzene ring substituents is 1. The number of aryl methyl sites for hydroxylation is 2. The molecule has 126 valence electrons. The van der Waals surface area contributed by atoms with Crippen molar-refractivity contribution in [1.29, 1.82) is 0 Å². The van der Waals surface area contributed by atoms with Crippen molar-refractivity contribution in [3.05, 3.63) is 74.6 Å². The molecular formula is C18H15N3O3S. The average Bonchev–Trinajstić information content (AvgIpc) is 3.02. The number of nitro groups is 1. The number of non-ortho nitro benzene ring substituents is 1. The maximum absolute atomic E-state index is 12.4. The number of hydrogen-bond acceptors (Lipinski definition) is 5. The molecule has 0 saturated heterocycles. The molecule has 0 aliphatic carbocycles. The Balaban J connectivity index is 1.77. The van der Waals surface area contributed by atoms with E-state index >= 15 is 0 Å². The predicted octanol–water partition coefficient (Wildman–Crippen LogP) is 4.59. The number of hydrogen-bond donors (Lipinski definition) is 1. The third kappa shape index (κ3) is 3.89. The summed E-state index contributed by atoms with van der Waals surface area (Å²) in [5.74, 6) is -0.212. The standard InChI is InChI=1S/C18H15N3O3S/c1-11-7-12(2)9-14(8-11)17(22)20-18-19-16(10-25-18)13-3-5-15(6-4-13)21(23)24/h3-10H,1-2H3,(H,19,20,22). The number of thiazole rings is 1. The number of anilines is 1. The summed E-state index contributed by atoms with van der Waals surface area (Å²) in [4.78, 5) is 27.0. The van der Waals surface area contributed by atoms with Crippen molar-refractivity contribution in [2.45, 2.75) is 13.8 Å². The maximum atomic E-state index is 12.4. The molecule has 0 spiro atoms. The number of benzene rings is 2. The highest BCUT2D eigenvalue weighted by Gasteiger charge is 2.12. The third-order valence-corrected chi connectivity index (χ3v) is 4.34. The lowest BCUT2D eigenvalue weighted by Gasteiger charge is -2.04. The SMILES string of the molecule is Cc1cc(C)cc(C(=O)Nc2nc(-c3ccc([N+](=O)[O-])cc3)cs2)c1. The van der Waals surface area contributed by atoms with E-state index in [9.17, 15) is 14.9 Å². The fourth-order valence-corrected chi connectivity index (χ4v) is 3.21. The molecule has 0 bridgehead atoms. The number of amides is 1. The zero-order chi connectivity index (χ0) is 18.0. The smallest absolute Gasteiger partial charge is 0.269 e. The summed E-state index contributed by atoms with van der Waals surface area (Å²) >= 11 is 1.31. The Morgan fingerprint density at radius 3 is 2.36 bits per heavy atom. The molecule has 2 aromatic carbocycles. The van der Waals surface area contributed by atoms with E-state index < -0.39 is 4.92 Å². The molecule has 0 fully saturated rings. The van der Waals surface area contributed by atoms with Crippen LogP contribution in [0.25, 0.3) is 11.3 Å². The van der Waals surface area contributed by atoms with Crippen LogP contribution in [0.3, 0.4) is 0 Å². The highest BCUT2D eigenvalue weighted by Crippen LogP contribution is 2.26. The lowest BCUT2D eigenvalue weighted by atomic mass is 10.1. The predicted molar refractivity (Wildman–Crippen MR) is 98.1 cm³/mol. The number of aromatic nitrogens is 1. The number of carbonyl (C=O) groups is 1. The number of carbonyl (C=O) groups excluding carboxylic acids is 1. The minimum Gasteiger partial charge on any atom is -0.298 e. The molecule has 3 aromatic rings. The van der Waals surface area contributed by atoms with E-state index in [1.54, 1.807) is 17.5 Å². The summed E-state index contributed by atoms with van der Waals surface area (Å²) in [7, 11) is 0. The van der Waals surface area contributed by atoms with Gasteiger partial charge in [0.25, 0.3) is 11.6 Å². The second kappa shape index (κ2) is 6.82. The first-order valence-corrected chi connectivity index (χ1v) is 8.40. The van der Waals surface area contributed by atoms with Crippen molar-refractivity contribution in [3.63, 3.8) is 0 Å². The summed E-state index contributed by atoms with van der Waals surface area (Å²) in [6.45, 7) is 3.89. The van der Waals surface area contributed by atoms with Crippen LogP contribution in [0.15, 0.2) is 47.8 Å². The Bertz CT molecular complexity index is 928. The van der Waals surface area contributed by atoms with E-state index in [1.165, 1.54) is 23.5 Å². The third-order valence-electron chi connectivity index (χ3n) is 3.58. The second-order valence-electron chi connectivity index (χ2n) is 5.67. The van der Waals surface area contributed by atoms with Gasteiger partial charge in [0.1, 0.15) is 0 Å². The Morgan fingerprint density at radius 2 is 1.76 bits per heavy atom. The molecule has 1 amide bonds. The monoisotopic (exact) mass is 353 g/mol. The molecule has 1 heterocycles. The van der Waals surface area contributed by atoms with Crippen molar-refractivity contribution in [2.24, 2.45) is 0 Å². The van der Waals surface area contributed by atoms with Crippen LogP contribution in [0.1, 0.15) is 21.5 Å². The zero-order valence-corrected chi connectivity index (χ0v) is 14.5. The zero-order valence-electron chi connectivity index (χ0n) is 13.6. The van der Waals surface area contributed by atoms with E-state index in [0.29, 0.717) is 16.4 Å². The van der Waals surface area contributed by atoms with Crippen LogP contribution >= 0.6 is 11.3 Å². The van der Waals surface area contributed by atoms with Gasteiger partial charge in [0.15, 0.2) is 5.13 Å². The van der Waals surface area contributed by atoms with Gasteiger partial charge in [-0.25, -0.2) is 4.98 Å². The van der Waals surface area contributed by atoms with Crippen molar-refractivity contribution >= 4 is 28.1 Å². The van der Waals surface area contributed by atoms with Gasteiger partial charge in [0, 0.05) is 28.6 Å². The van der Waals surface area contributed by atoms with Gasteiger partial charge in [-0.2, -0.15) is 0 Å². The quantitative estimate of drug-likeness (QED) is 0.549. The summed E-state index contributed by atoms with van der Waals surface area (Å²) in [6, 6.07) is 11.8. The van der Waals surface area contributed by atoms with E-state index in [2.05, 4.69) is 10.3 Å². The topological polar surface area (TPSA) is 85.1 Å². The fourth-order valence-electron chi connectivity index (χ4n) is 2.49. The minimum atomic E-state index is -0.444. The van der Waals surface area contributed by atoms with E-state index in [4.69, 9.17) is 0 Å². The van der Waals surface area contributed by atoms with Crippen molar-refractivity contribution < 1.29 is 9.72 Å². The molecule has 7 heteroatoms. The molecule has 0 saturated carbocycles. The van der Waals surface area contributed by atoms with E-state index in [-0.39, 0.29) is 11.6 Å². The van der Waals surface area contributed by atoms with Gasteiger partial charge in [-0.15, -0.1) is 11.3 Å². The van der Waals surface area contributed by atoms with Crippen LogP contribution in [0.5, 0.6) is 0 Å². The van der Waals surface area contributed by atoms with Gasteiger partial charge >= 0.3 is 0 Å². The first-order valence-electron chi connectivity index (χ1n) is 7.52. The molecule has 25 heavy (non-hydrogen) atoms. The Morgan fingerprint density at radius 1 is 1.12 bits per heavy atom. The van der Waals surface area contributed by atoms with Gasteiger partial charge in [0.05, 0.1) is 10.6 Å². The van der Waals surface area contributed by atoms with Gasteiger partial charge in [-0.1, -0.05) is 17.2 Å². The number of nitrogens with zero attached hydrogens (tertiary/aromatic N) is 2. The molecule has 1 N–H and O–H groups in total. The lowest BCUT2D eigenvalue weighted by Crippen LogP contribution is -2.12. The summed E-state index contributed by atoms with van der Waals surface area (Å²) in [5, 5.41) is 15.8. The molecule has 6 nitrogen and oxygen atoms in total. The van der Waals surface area contributed by atoms with E-state index in [0.717, 1.165) is 16.7 Å². The molecule has 0 radical (unpaired) electrons. The van der Waals surface area contributed by atoms with Gasteiger partial charge in [-0.3, -0.25) is 20.2 Å². The Hall–Kier alpha value is -3.06. The molecule has 3 rings (SSSR count). The highest BCUT2D eigenvalue weighted by molar-refractivity contribution is 7.14. The van der Waals surface area contributed by atoms with Crippen LogP contribution in [-0.4, -0.2) is 15.8 Å². The van der Waals surface area contributed by atoms with Crippen LogP contribution in [-0.2, 0) is 0 Å². The fraction of sp³-hybridized carbons (Fsp3) is 0.111. The Labute approximate surface area is 148 Å². The Kier molecular flexibility index (Phi) is 4.58. The molecule has 0 aliphatic rings. The van der Waals surface area contributed by atoms with Crippen LogP contribution < -0.4 is 5.32 Å². The molecular weight excluding hydrogens is 338 g/mol. The van der Waals surface area contributed by atoms with Gasteiger partial charge in [-0.05, 0) is 38.1 Å². The molecule has 0 unspecified atom stereocenters. The number of rotatable bonds is 4.